The minimum atomic E-state index is -0.633. The largest absolute Gasteiger partial charge is 0.490 e. The number of ether oxygens (including phenoxy) is 1. The van der Waals surface area contributed by atoms with Gasteiger partial charge in [0.2, 0.25) is 5.91 Å². The maximum Gasteiger partial charge on any atom is 0.251 e. The zero-order valence-electron chi connectivity index (χ0n) is 22.8. The number of pyridine rings is 1. The van der Waals surface area contributed by atoms with Gasteiger partial charge >= 0.3 is 0 Å². The van der Waals surface area contributed by atoms with Gasteiger partial charge in [-0.15, -0.1) is 0 Å². The molecule has 0 spiro atoms. The molecule has 4 aromatic rings. The van der Waals surface area contributed by atoms with Gasteiger partial charge in [0.25, 0.3) is 5.91 Å². The van der Waals surface area contributed by atoms with Crippen LogP contribution in [0.15, 0.2) is 67.0 Å². The molecule has 0 aliphatic carbocycles. The highest BCUT2D eigenvalue weighted by atomic mass is 16.5. The summed E-state index contributed by atoms with van der Waals surface area (Å²) in [6, 6.07) is 18.0. The van der Waals surface area contributed by atoms with E-state index < -0.39 is 12.0 Å². The standard InChI is InChI=1S/C31H33N5O4/c1-19(2)40-28-12-10-23(16-24(28)17-32)31(39)34-25(11-13-29(33)38)15-21-6-8-22(9-7-21)27-18-36-14-4-5-26(20(3)37)30(36)35-27/h4-10,12,14,16,18-20,25,37H,11,13,15H2,1-3H3,(H2,33,38)(H,34,39)/t20?,25-/m1/s1. The van der Waals surface area contributed by atoms with Crippen molar-refractivity contribution in [3.8, 4) is 23.1 Å². The molecule has 40 heavy (non-hydrogen) atoms. The maximum atomic E-state index is 13.1. The first-order chi connectivity index (χ1) is 19.1. The Hall–Kier alpha value is -4.68. The maximum absolute atomic E-state index is 13.1. The van der Waals surface area contributed by atoms with Gasteiger partial charge in [-0.3, -0.25) is 9.59 Å². The monoisotopic (exact) mass is 539 g/mol. The highest BCUT2D eigenvalue weighted by molar-refractivity contribution is 5.95. The Bertz CT molecular complexity index is 1550. The number of nitriles is 1. The Morgan fingerprint density at radius 2 is 1.90 bits per heavy atom. The molecule has 0 aliphatic heterocycles. The quantitative estimate of drug-likeness (QED) is 0.259. The first-order valence-corrected chi connectivity index (χ1v) is 13.2. The second-order valence-corrected chi connectivity index (χ2v) is 10.1. The predicted molar refractivity (Wildman–Crippen MR) is 152 cm³/mol. The van der Waals surface area contributed by atoms with Gasteiger partial charge in [-0.25, -0.2) is 4.98 Å². The SMILES string of the molecule is CC(C)Oc1ccc(C(=O)N[C@H](CCC(N)=O)Cc2ccc(-c3cn4cccc(C(C)O)c4n3)cc2)cc1C#N. The van der Waals surface area contributed by atoms with E-state index in [0.717, 1.165) is 22.4 Å². The molecule has 206 valence electrons. The van der Waals surface area contributed by atoms with E-state index in [1.54, 1.807) is 19.1 Å². The molecule has 4 N–H and O–H groups in total. The van der Waals surface area contributed by atoms with E-state index in [-0.39, 0.29) is 30.0 Å². The zero-order valence-corrected chi connectivity index (χ0v) is 22.8. The lowest BCUT2D eigenvalue weighted by Crippen LogP contribution is -2.37. The lowest BCUT2D eigenvalue weighted by Gasteiger charge is -2.19. The molecule has 2 aromatic heterocycles. The van der Waals surface area contributed by atoms with Gasteiger partial charge in [0.15, 0.2) is 0 Å². The summed E-state index contributed by atoms with van der Waals surface area (Å²) < 4.78 is 7.54. The number of nitrogens with one attached hydrogen (secondary N) is 1. The molecule has 9 heteroatoms. The number of benzene rings is 2. The molecule has 0 saturated carbocycles. The van der Waals surface area contributed by atoms with Crippen molar-refractivity contribution >= 4 is 17.5 Å². The van der Waals surface area contributed by atoms with Crippen LogP contribution in [0, 0.1) is 11.3 Å². The number of nitrogens with zero attached hydrogens (tertiary/aromatic N) is 3. The van der Waals surface area contributed by atoms with Crippen molar-refractivity contribution < 1.29 is 19.4 Å². The smallest absolute Gasteiger partial charge is 0.251 e. The second kappa shape index (κ2) is 12.5. The van der Waals surface area contributed by atoms with Gasteiger partial charge < -0.3 is 25.3 Å². The van der Waals surface area contributed by atoms with E-state index in [1.807, 2.05) is 67.0 Å². The van der Waals surface area contributed by atoms with Crippen LogP contribution in [0.2, 0.25) is 0 Å². The number of hydrogen-bond donors (Lipinski definition) is 3. The summed E-state index contributed by atoms with van der Waals surface area (Å²) in [5, 5.41) is 22.6. The molecule has 9 nitrogen and oxygen atoms in total. The van der Waals surface area contributed by atoms with Gasteiger partial charge in [0.05, 0.1) is 23.5 Å². The van der Waals surface area contributed by atoms with E-state index in [4.69, 9.17) is 15.5 Å². The molecular weight excluding hydrogens is 506 g/mol. The summed E-state index contributed by atoms with van der Waals surface area (Å²) in [6.07, 6.45) is 4.05. The van der Waals surface area contributed by atoms with Crippen molar-refractivity contribution in [3.05, 3.63) is 89.2 Å². The first kappa shape index (κ1) is 28.3. The fraction of sp³-hybridized carbons (Fsp3) is 0.290. The summed E-state index contributed by atoms with van der Waals surface area (Å²) in [5.74, 6) is -0.371. The number of aliphatic hydroxyl groups excluding tert-OH is 1. The van der Waals surface area contributed by atoms with Crippen molar-refractivity contribution in [2.45, 2.75) is 58.3 Å². The lowest BCUT2D eigenvalue weighted by molar-refractivity contribution is -0.118. The minimum Gasteiger partial charge on any atom is -0.490 e. The number of carbonyl (C=O) groups excluding carboxylic acids is 2. The number of carbonyl (C=O) groups is 2. The van der Waals surface area contributed by atoms with Crippen LogP contribution < -0.4 is 15.8 Å². The number of imidazole rings is 1. The molecule has 0 saturated heterocycles. The molecule has 2 amide bonds. The summed E-state index contributed by atoms with van der Waals surface area (Å²) in [5.41, 5.74) is 10.1. The summed E-state index contributed by atoms with van der Waals surface area (Å²) in [4.78, 5) is 29.3. The number of aromatic nitrogens is 2. The third-order valence-corrected chi connectivity index (χ3v) is 6.49. The van der Waals surface area contributed by atoms with Gasteiger partial charge in [-0.05, 0) is 63.4 Å². The third-order valence-electron chi connectivity index (χ3n) is 6.49. The van der Waals surface area contributed by atoms with Crippen molar-refractivity contribution in [3.63, 3.8) is 0 Å². The van der Waals surface area contributed by atoms with E-state index in [2.05, 4.69) is 11.4 Å². The number of nitrogens with two attached hydrogens (primary N) is 1. The summed E-state index contributed by atoms with van der Waals surface area (Å²) in [7, 11) is 0. The highest BCUT2D eigenvalue weighted by Crippen LogP contribution is 2.25. The summed E-state index contributed by atoms with van der Waals surface area (Å²) >= 11 is 0. The van der Waals surface area contributed by atoms with Crippen LogP contribution in [-0.2, 0) is 11.2 Å². The van der Waals surface area contributed by atoms with Crippen molar-refractivity contribution in [2.24, 2.45) is 5.73 Å². The molecule has 2 atom stereocenters. The normalized spacial score (nSPS) is 12.6. The van der Waals surface area contributed by atoms with E-state index in [9.17, 15) is 20.0 Å². The Labute approximate surface area is 233 Å². The fourth-order valence-electron chi connectivity index (χ4n) is 4.52. The minimum absolute atomic E-state index is 0.106. The van der Waals surface area contributed by atoms with Crippen LogP contribution in [0.5, 0.6) is 5.75 Å². The Morgan fingerprint density at radius 1 is 1.15 bits per heavy atom. The van der Waals surface area contributed by atoms with Crippen molar-refractivity contribution in [2.75, 3.05) is 0 Å². The number of hydrogen-bond acceptors (Lipinski definition) is 6. The number of amides is 2. The molecule has 1 unspecified atom stereocenters. The molecule has 0 aliphatic rings. The number of primary amides is 1. The number of rotatable bonds is 11. The molecular formula is C31H33N5O4. The summed E-state index contributed by atoms with van der Waals surface area (Å²) in [6.45, 7) is 5.44. The van der Waals surface area contributed by atoms with Crippen LogP contribution in [-0.4, -0.2) is 38.5 Å². The van der Waals surface area contributed by atoms with Crippen LogP contribution in [0.3, 0.4) is 0 Å². The van der Waals surface area contributed by atoms with Crippen molar-refractivity contribution in [1.29, 1.82) is 5.26 Å². The molecule has 0 radical (unpaired) electrons. The van der Waals surface area contributed by atoms with Gasteiger partial charge in [0, 0.05) is 41.5 Å². The molecule has 2 aromatic carbocycles. The van der Waals surface area contributed by atoms with Crippen molar-refractivity contribution in [1.82, 2.24) is 14.7 Å². The fourth-order valence-corrected chi connectivity index (χ4v) is 4.52. The number of aliphatic hydroxyl groups is 1. The predicted octanol–water partition coefficient (Wildman–Crippen LogP) is 4.32. The first-order valence-electron chi connectivity index (χ1n) is 13.2. The Kier molecular flexibility index (Phi) is 8.82. The van der Waals surface area contributed by atoms with Gasteiger partial charge in [0.1, 0.15) is 17.5 Å². The Morgan fingerprint density at radius 3 is 2.55 bits per heavy atom. The van der Waals surface area contributed by atoms with E-state index in [1.165, 1.54) is 6.07 Å². The van der Waals surface area contributed by atoms with Gasteiger partial charge in [-0.2, -0.15) is 5.26 Å². The topological polar surface area (TPSA) is 143 Å². The van der Waals surface area contributed by atoms with E-state index in [0.29, 0.717) is 29.8 Å². The highest BCUT2D eigenvalue weighted by Gasteiger charge is 2.18. The van der Waals surface area contributed by atoms with Gasteiger partial charge in [-0.1, -0.05) is 30.3 Å². The molecule has 2 heterocycles. The van der Waals surface area contributed by atoms with E-state index >= 15 is 0 Å². The molecule has 4 rings (SSSR count). The molecule has 0 bridgehead atoms. The lowest BCUT2D eigenvalue weighted by atomic mass is 9.99. The third kappa shape index (κ3) is 6.84. The van der Waals surface area contributed by atoms with Crippen LogP contribution in [0.4, 0.5) is 0 Å². The average Bonchev–Trinajstić information content (AvgIpc) is 3.36. The second-order valence-electron chi connectivity index (χ2n) is 10.1. The zero-order chi connectivity index (χ0) is 28.8. The van der Waals surface area contributed by atoms with Crippen LogP contribution >= 0.6 is 0 Å². The molecule has 0 fully saturated rings. The van der Waals surface area contributed by atoms with Crippen LogP contribution in [0.25, 0.3) is 16.9 Å². The van der Waals surface area contributed by atoms with Crippen LogP contribution in [0.1, 0.15) is 66.8 Å². The number of fused-ring (bicyclic) bond motifs is 1. The average molecular weight is 540 g/mol. The Balaban J connectivity index is 1.51.